The fourth-order valence-electron chi connectivity index (χ4n) is 3.52. The van der Waals surface area contributed by atoms with Crippen LogP contribution >= 0.6 is 0 Å². The molecule has 1 saturated heterocycles. The summed E-state index contributed by atoms with van der Waals surface area (Å²) in [5.41, 5.74) is 4.14. The minimum absolute atomic E-state index is 0.147. The van der Waals surface area contributed by atoms with Gasteiger partial charge in [-0.05, 0) is 56.9 Å². The molecule has 1 aliphatic heterocycles. The summed E-state index contributed by atoms with van der Waals surface area (Å²) in [7, 11) is 3.99. The van der Waals surface area contributed by atoms with Gasteiger partial charge < -0.3 is 9.80 Å². The summed E-state index contributed by atoms with van der Waals surface area (Å²) in [4.78, 5) is 16.8. The van der Waals surface area contributed by atoms with Crippen molar-refractivity contribution in [2.24, 2.45) is 5.92 Å². The molecule has 0 saturated carbocycles. The summed E-state index contributed by atoms with van der Waals surface area (Å²) in [6, 6.07) is 9.99. The molecule has 0 spiro atoms. The summed E-state index contributed by atoms with van der Waals surface area (Å²) in [6.07, 6.45) is 2.08. The van der Waals surface area contributed by atoms with E-state index in [0.29, 0.717) is 5.92 Å². The monoisotopic (exact) mass is 340 g/mol. The van der Waals surface area contributed by atoms with Crippen LogP contribution in [0.1, 0.15) is 34.6 Å². The molecule has 2 aromatic rings. The van der Waals surface area contributed by atoms with Crippen LogP contribution < -0.4 is 4.90 Å². The minimum Gasteiger partial charge on any atom is -0.378 e. The number of benzene rings is 1. The standard InChI is InChI=1S/C20H28N4O/c1-15-12-16(2)24(21-15)14-17-8-10-23(11-9-17)20(25)18-6-5-7-19(13-18)22(3)4/h5-7,12-13,17H,8-11,14H2,1-4H3. The van der Waals surface area contributed by atoms with E-state index < -0.39 is 0 Å². The van der Waals surface area contributed by atoms with Crippen molar-refractivity contribution in [1.29, 1.82) is 0 Å². The van der Waals surface area contributed by atoms with Crippen LogP contribution in [-0.4, -0.2) is 47.8 Å². The Morgan fingerprint density at radius 3 is 2.52 bits per heavy atom. The van der Waals surface area contributed by atoms with E-state index in [1.807, 2.05) is 55.1 Å². The minimum atomic E-state index is 0.147. The Bertz CT molecular complexity index is 742. The number of aryl methyl sites for hydroxylation is 2. The van der Waals surface area contributed by atoms with E-state index in [0.717, 1.165) is 49.4 Å². The predicted molar refractivity (Wildman–Crippen MR) is 101 cm³/mol. The van der Waals surface area contributed by atoms with Crippen LogP contribution in [-0.2, 0) is 6.54 Å². The van der Waals surface area contributed by atoms with Crippen molar-refractivity contribution in [3.05, 3.63) is 47.3 Å². The van der Waals surface area contributed by atoms with Crippen molar-refractivity contribution in [2.45, 2.75) is 33.2 Å². The molecule has 1 aromatic carbocycles. The molecule has 0 atom stereocenters. The van der Waals surface area contributed by atoms with E-state index in [9.17, 15) is 4.79 Å². The van der Waals surface area contributed by atoms with Gasteiger partial charge in [-0.1, -0.05) is 6.07 Å². The highest BCUT2D eigenvalue weighted by Crippen LogP contribution is 2.22. The number of carbonyl (C=O) groups excluding carboxylic acids is 1. The molecule has 0 N–H and O–H groups in total. The number of piperidine rings is 1. The van der Waals surface area contributed by atoms with Crippen molar-refractivity contribution in [2.75, 3.05) is 32.1 Å². The Hall–Kier alpha value is -2.30. The molecule has 0 bridgehead atoms. The third-order valence-corrected chi connectivity index (χ3v) is 5.05. The molecule has 2 heterocycles. The van der Waals surface area contributed by atoms with Crippen molar-refractivity contribution in [3.63, 3.8) is 0 Å². The number of rotatable bonds is 4. The van der Waals surface area contributed by atoms with Gasteiger partial charge in [0.05, 0.1) is 5.69 Å². The van der Waals surface area contributed by atoms with Crippen LogP contribution in [0, 0.1) is 19.8 Å². The first-order valence-electron chi connectivity index (χ1n) is 9.02. The first kappa shape index (κ1) is 17.5. The largest absolute Gasteiger partial charge is 0.378 e. The summed E-state index contributed by atoms with van der Waals surface area (Å²) < 4.78 is 2.11. The molecule has 25 heavy (non-hydrogen) atoms. The number of carbonyl (C=O) groups is 1. The highest BCUT2D eigenvalue weighted by Gasteiger charge is 2.24. The molecule has 5 heteroatoms. The molecule has 5 nitrogen and oxygen atoms in total. The zero-order valence-corrected chi connectivity index (χ0v) is 15.7. The fourth-order valence-corrected chi connectivity index (χ4v) is 3.52. The van der Waals surface area contributed by atoms with Crippen molar-refractivity contribution in [1.82, 2.24) is 14.7 Å². The zero-order valence-electron chi connectivity index (χ0n) is 15.7. The zero-order chi connectivity index (χ0) is 18.0. The topological polar surface area (TPSA) is 41.4 Å². The fraction of sp³-hybridized carbons (Fsp3) is 0.500. The number of likely N-dealkylation sites (tertiary alicyclic amines) is 1. The van der Waals surface area contributed by atoms with Gasteiger partial charge in [0, 0.05) is 50.7 Å². The maximum absolute atomic E-state index is 12.8. The number of hydrogen-bond acceptors (Lipinski definition) is 3. The molecule has 3 rings (SSSR count). The Morgan fingerprint density at radius 1 is 1.20 bits per heavy atom. The number of aromatic nitrogens is 2. The summed E-state index contributed by atoms with van der Waals surface area (Å²) in [5.74, 6) is 0.739. The third kappa shape index (κ3) is 4.03. The van der Waals surface area contributed by atoms with Gasteiger partial charge >= 0.3 is 0 Å². The number of hydrogen-bond donors (Lipinski definition) is 0. The summed E-state index contributed by atoms with van der Waals surface area (Å²) >= 11 is 0. The van der Waals surface area contributed by atoms with Gasteiger partial charge in [-0.25, -0.2) is 0 Å². The second-order valence-electron chi connectivity index (χ2n) is 7.29. The molecular weight excluding hydrogens is 312 g/mol. The van der Waals surface area contributed by atoms with Crippen LogP contribution in [0.2, 0.25) is 0 Å². The average Bonchev–Trinajstić information content (AvgIpc) is 2.92. The van der Waals surface area contributed by atoms with E-state index in [1.54, 1.807) is 0 Å². The first-order chi connectivity index (χ1) is 11.9. The lowest BCUT2D eigenvalue weighted by Gasteiger charge is -2.32. The van der Waals surface area contributed by atoms with Gasteiger partial charge in [0.1, 0.15) is 0 Å². The van der Waals surface area contributed by atoms with Crippen LogP contribution in [0.5, 0.6) is 0 Å². The lowest BCUT2D eigenvalue weighted by atomic mass is 9.96. The van der Waals surface area contributed by atoms with Gasteiger partial charge in [0.25, 0.3) is 5.91 Å². The lowest BCUT2D eigenvalue weighted by molar-refractivity contribution is 0.0681. The summed E-state index contributed by atoms with van der Waals surface area (Å²) in [6.45, 7) is 6.75. The number of anilines is 1. The lowest BCUT2D eigenvalue weighted by Crippen LogP contribution is -2.39. The molecule has 134 valence electrons. The molecule has 1 aromatic heterocycles. The maximum atomic E-state index is 12.8. The Labute approximate surface area is 150 Å². The van der Waals surface area contributed by atoms with Gasteiger partial charge in [0.15, 0.2) is 0 Å². The highest BCUT2D eigenvalue weighted by molar-refractivity contribution is 5.95. The summed E-state index contributed by atoms with van der Waals surface area (Å²) in [5, 5.41) is 4.56. The Kier molecular flexibility index (Phi) is 5.11. The van der Waals surface area contributed by atoms with Gasteiger partial charge in [-0.2, -0.15) is 5.10 Å². The Morgan fingerprint density at radius 2 is 1.92 bits per heavy atom. The van der Waals surface area contributed by atoms with Crippen LogP contribution in [0.4, 0.5) is 5.69 Å². The molecular formula is C20H28N4O. The van der Waals surface area contributed by atoms with E-state index in [-0.39, 0.29) is 5.91 Å². The Balaban J connectivity index is 1.59. The molecule has 0 radical (unpaired) electrons. The van der Waals surface area contributed by atoms with Crippen LogP contribution in [0.25, 0.3) is 0 Å². The van der Waals surface area contributed by atoms with E-state index in [1.165, 1.54) is 5.69 Å². The third-order valence-electron chi connectivity index (χ3n) is 5.05. The average molecular weight is 340 g/mol. The molecule has 0 aliphatic carbocycles. The molecule has 1 aliphatic rings. The van der Waals surface area contributed by atoms with Gasteiger partial charge in [0.2, 0.25) is 0 Å². The van der Waals surface area contributed by atoms with E-state index >= 15 is 0 Å². The molecule has 1 fully saturated rings. The van der Waals surface area contributed by atoms with Crippen molar-refractivity contribution in [3.8, 4) is 0 Å². The predicted octanol–water partition coefficient (Wildman–Crippen LogP) is 3.12. The normalized spacial score (nSPS) is 15.4. The van der Waals surface area contributed by atoms with E-state index in [4.69, 9.17) is 0 Å². The molecule has 0 unspecified atom stereocenters. The van der Waals surface area contributed by atoms with Crippen LogP contribution in [0.15, 0.2) is 30.3 Å². The second kappa shape index (κ2) is 7.30. The van der Waals surface area contributed by atoms with E-state index in [2.05, 4.69) is 22.8 Å². The maximum Gasteiger partial charge on any atom is 0.253 e. The van der Waals surface area contributed by atoms with Gasteiger partial charge in [-0.15, -0.1) is 0 Å². The molecule has 1 amide bonds. The smallest absolute Gasteiger partial charge is 0.253 e. The quantitative estimate of drug-likeness (QED) is 0.859. The van der Waals surface area contributed by atoms with Crippen LogP contribution in [0.3, 0.4) is 0 Å². The van der Waals surface area contributed by atoms with Gasteiger partial charge in [-0.3, -0.25) is 9.48 Å². The number of amides is 1. The SMILES string of the molecule is Cc1cc(C)n(CC2CCN(C(=O)c3cccc(N(C)C)c3)CC2)n1. The second-order valence-corrected chi connectivity index (χ2v) is 7.29. The number of nitrogens with zero attached hydrogens (tertiary/aromatic N) is 4. The highest BCUT2D eigenvalue weighted by atomic mass is 16.2. The van der Waals surface area contributed by atoms with Crippen molar-refractivity contribution >= 4 is 11.6 Å². The first-order valence-corrected chi connectivity index (χ1v) is 9.02. The van der Waals surface area contributed by atoms with Crippen molar-refractivity contribution < 1.29 is 4.79 Å².